The first-order valence-corrected chi connectivity index (χ1v) is 15.4. The van der Waals surface area contributed by atoms with E-state index in [-0.39, 0.29) is 23.9 Å². The number of anilines is 2. The lowest BCUT2D eigenvalue weighted by atomic mass is 9.94. The number of carbonyl (C=O) groups is 2. The van der Waals surface area contributed by atoms with Crippen molar-refractivity contribution in [1.29, 1.82) is 0 Å². The molecule has 1 N–H and O–H groups in total. The predicted molar refractivity (Wildman–Crippen MR) is 160 cm³/mol. The van der Waals surface area contributed by atoms with Crippen LogP contribution in [0.3, 0.4) is 0 Å². The summed E-state index contributed by atoms with van der Waals surface area (Å²) in [4.78, 5) is 42.8. The van der Waals surface area contributed by atoms with E-state index in [1.165, 1.54) is 12.8 Å². The largest absolute Gasteiger partial charge is 0.487 e. The van der Waals surface area contributed by atoms with Crippen molar-refractivity contribution in [2.75, 3.05) is 37.0 Å². The third-order valence-corrected chi connectivity index (χ3v) is 9.43. The van der Waals surface area contributed by atoms with E-state index in [0.717, 1.165) is 73.6 Å². The summed E-state index contributed by atoms with van der Waals surface area (Å²) in [5.74, 6) is 2.45. The summed E-state index contributed by atoms with van der Waals surface area (Å²) in [7, 11) is 3.96. The second kappa shape index (κ2) is 10.9. The van der Waals surface area contributed by atoms with Crippen LogP contribution in [-0.4, -0.2) is 77.6 Å². The molecule has 1 atom stereocenters. The minimum absolute atomic E-state index is 0.0146. The molecule has 6 rings (SSSR count). The van der Waals surface area contributed by atoms with E-state index in [2.05, 4.69) is 42.9 Å². The van der Waals surface area contributed by atoms with Crippen LogP contribution in [0, 0.1) is 0 Å². The van der Waals surface area contributed by atoms with Crippen LogP contribution in [0.4, 0.5) is 11.5 Å². The maximum absolute atomic E-state index is 13.4. The first kappa shape index (κ1) is 27.9. The Hall–Kier alpha value is -3.20. The Morgan fingerprint density at radius 2 is 1.85 bits per heavy atom. The number of fused-ring (bicyclic) bond motifs is 2. The molecule has 2 fully saturated rings. The number of hydrogen-bond donors (Lipinski definition) is 1. The molecule has 4 aliphatic rings. The number of benzene rings is 1. The second-order valence-corrected chi connectivity index (χ2v) is 13.0. The van der Waals surface area contributed by atoms with Crippen molar-refractivity contribution in [1.82, 2.24) is 20.2 Å². The molecule has 2 amide bonds. The van der Waals surface area contributed by atoms with Gasteiger partial charge in [-0.15, -0.1) is 0 Å². The number of nitrogens with one attached hydrogen (secondary N) is 1. The van der Waals surface area contributed by atoms with Gasteiger partial charge >= 0.3 is 0 Å². The molecular formula is C32H44N6O3. The lowest BCUT2D eigenvalue weighted by molar-refractivity contribution is -0.120. The fraction of sp³-hybridized carbons (Fsp3) is 0.625. The molecule has 0 spiro atoms. The van der Waals surface area contributed by atoms with Crippen molar-refractivity contribution in [2.24, 2.45) is 0 Å². The van der Waals surface area contributed by atoms with E-state index >= 15 is 0 Å². The lowest BCUT2D eigenvalue weighted by Gasteiger charge is -2.43. The highest BCUT2D eigenvalue weighted by atomic mass is 16.5. The van der Waals surface area contributed by atoms with E-state index in [1.807, 2.05) is 19.2 Å². The number of aromatic nitrogens is 2. The van der Waals surface area contributed by atoms with Gasteiger partial charge in [0.05, 0.1) is 6.20 Å². The molecular weight excluding hydrogens is 516 g/mol. The normalized spacial score (nSPS) is 23.0. The summed E-state index contributed by atoms with van der Waals surface area (Å²) in [6.07, 6.45) is 10.2. The number of carbonyl (C=O) groups excluding carboxylic acids is 2. The monoisotopic (exact) mass is 560 g/mol. The molecule has 1 aromatic carbocycles. The highest BCUT2D eigenvalue weighted by Gasteiger charge is 2.41. The number of piperidine rings is 1. The van der Waals surface area contributed by atoms with Crippen LogP contribution in [0.15, 0.2) is 18.3 Å². The van der Waals surface area contributed by atoms with E-state index in [9.17, 15) is 9.59 Å². The van der Waals surface area contributed by atoms with Gasteiger partial charge in [0.2, 0.25) is 5.91 Å². The third-order valence-electron chi connectivity index (χ3n) is 9.43. The molecule has 220 valence electrons. The van der Waals surface area contributed by atoms with Gasteiger partial charge in [0, 0.05) is 48.7 Å². The molecule has 4 heterocycles. The Morgan fingerprint density at radius 1 is 1.12 bits per heavy atom. The highest BCUT2D eigenvalue weighted by Crippen LogP contribution is 2.42. The number of ether oxygens (including phenoxy) is 1. The summed E-state index contributed by atoms with van der Waals surface area (Å²) in [6.45, 7) is 8.22. The molecule has 0 unspecified atom stereocenters. The fourth-order valence-corrected chi connectivity index (χ4v) is 7.16. The van der Waals surface area contributed by atoms with Gasteiger partial charge in [-0.05, 0) is 72.2 Å². The zero-order valence-corrected chi connectivity index (χ0v) is 25.2. The van der Waals surface area contributed by atoms with E-state index in [4.69, 9.17) is 14.7 Å². The molecule has 1 aromatic heterocycles. The molecule has 2 aromatic rings. The highest BCUT2D eigenvalue weighted by molar-refractivity contribution is 6.04. The Bertz CT molecular complexity index is 1330. The van der Waals surface area contributed by atoms with Crippen LogP contribution in [0.2, 0.25) is 0 Å². The lowest BCUT2D eigenvalue weighted by Crippen LogP contribution is -2.55. The van der Waals surface area contributed by atoms with Crippen LogP contribution in [0.1, 0.15) is 93.0 Å². The predicted octanol–water partition coefficient (Wildman–Crippen LogP) is 4.11. The Labute approximate surface area is 243 Å². The van der Waals surface area contributed by atoms with Crippen LogP contribution < -0.4 is 19.9 Å². The zero-order valence-electron chi connectivity index (χ0n) is 25.2. The molecule has 1 aliphatic carbocycles. The molecule has 9 heteroatoms. The Kier molecular flexibility index (Phi) is 7.42. The van der Waals surface area contributed by atoms with Crippen LogP contribution >= 0.6 is 0 Å². The first-order chi connectivity index (χ1) is 19.6. The number of hydrogen-bond acceptors (Lipinski definition) is 7. The van der Waals surface area contributed by atoms with E-state index in [1.54, 1.807) is 11.1 Å². The van der Waals surface area contributed by atoms with Gasteiger partial charge in [0.15, 0.2) is 5.82 Å². The molecule has 9 nitrogen and oxygen atoms in total. The van der Waals surface area contributed by atoms with Crippen molar-refractivity contribution < 1.29 is 14.3 Å². The average Bonchev–Trinajstić information content (AvgIpc) is 3.59. The maximum atomic E-state index is 13.4. The standard InChI is InChI=1S/C32H44N6O3/c1-6-25-31(40)37(5)26-19-33-27(35-29(26)38(25)22-9-7-8-10-22)17-20-11-12-23(24-18-32(2,3)41-28(20)24)30(39)34-21-13-15-36(4)16-14-21/h11-12,19,21-22,25H,6-10,13-18H2,1-5H3,(H,34,39)/t25-/m1/s1. The molecule has 41 heavy (non-hydrogen) atoms. The summed E-state index contributed by atoms with van der Waals surface area (Å²) in [5.41, 5.74) is 3.05. The summed E-state index contributed by atoms with van der Waals surface area (Å²) in [6, 6.07) is 4.29. The summed E-state index contributed by atoms with van der Waals surface area (Å²) in [5, 5.41) is 3.28. The SMILES string of the molecule is CC[C@@H]1C(=O)N(C)c2cnc(Cc3ccc(C(=O)NC4CCN(C)CC4)c4c3OC(C)(C)C4)nc2N1C1CCCC1. The number of likely N-dealkylation sites (tertiary alicyclic amines) is 1. The topological polar surface area (TPSA) is 90.9 Å². The third kappa shape index (κ3) is 5.29. The number of nitrogens with zero attached hydrogens (tertiary/aromatic N) is 5. The van der Waals surface area contributed by atoms with Gasteiger partial charge in [0.1, 0.15) is 28.9 Å². The van der Waals surface area contributed by atoms with E-state index in [0.29, 0.717) is 30.3 Å². The maximum Gasteiger partial charge on any atom is 0.251 e. The van der Waals surface area contributed by atoms with Crippen LogP contribution in [-0.2, 0) is 17.6 Å². The van der Waals surface area contributed by atoms with Gasteiger partial charge in [-0.2, -0.15) is 0 Å². The minimum Gasteiger partial charge on any atom is -0.487 e. The van der Waals surface area contributed by atoms with Gasteiger partial charge in [-0.1, -0.05) is 25.8 Å². The summed E-state index contributed by atoms with van der Waals surface area (Å²) < 4.78 is 6.47. The molecule has 3 aliphatic heterocycles. The second-order valence-electron chi connectivity index (χ2n) is 13.0. The Balaban J connectivity index is 1.30. The van der Waals surface area contributed by atoms with Crippen molar-refractivity contribution >= 4 is 23.3 Å². The van der Waals surface area contributed by atoms with Crippen molar-refractivity contribution in [3.8, 4) is 5.75 Å². The van der Waals surface area contributed by atoms with Crippen molar-refractivity contribution in [2.45, 2.75) is 102 Å². The van der Waals surface area contributed by atoms with Gasteiger partial charge in [0.25, 0.3) is 5.91 Å². The van der Waals surface area contributed by atoms with Crippen molar-refractivity contribution in [3.63, 3.8) is 0 Å². The van der Waals surface area contributed by atoms with Crippen LogP contribution in [0.25, 0.3) is 0 Å². The van der Waals surface area contributed by atoms with E-state index < -0.39 is 5.60 Å². The smallest absolute Gasteiger partial charge is 0.251 e. The van der Waals surface area contributed by atoms with Crippen molar-refractivity contribution in [3.05, 3.63) is 40.8 Å². The number of rotatable bonds is 6. The zero-order chi connectivity index (χ0) is 28.9. The van der Waals surface area contributed by atoms with Gasteiger partial charge in [-0.3, -0.25) is 9.59 Å². The first-order valence-electron chi connectivity index (χ1n) is 15.4. The molecule has 0 radical (unpaired) electrons. The van der Waals surface area contributed by atoms with Gasteiger partial charge in [-0.25, -0.2) is 9.97 Å². The molecule has 1 saturated carbocycles. The number of likely N-dealkylation sites (N-methyl/N-ethyl adjacent to an activating group) is 1. The molecule has 0 bridgehead atoms. The minimum atomic E-state index is -0.394. The Morgan fingerprint density at radius 3 is 2.56 bits per heavy atom. The summed E-state index contributed by atoms with van der Waals surface area (Å²) >= 11 is 0. The number of amides is 2. The van der Waals surface area contributed by atoms with Crippen LogP contribution in [0.5, 0.6) is 5.75 Å². The average molecular weight is 561 g/mol. The van der Waals surface area contributed by atoms with Gasteiger partial charge < -0.3 is 24.8 Å². The quantitative estimate of drug-likeness (QED) is 0.569. The molecule has 1 saturated heterocycles. The fourth-order valence-electron chi connectivity index (χ4n) is 7.16.